The first-order valence-electron chi connectivity index (χ1n) is 6.68. The molecule has 0 radical (unpaired) electrons. The molecule has 0 bridgehead atoms. The molecular weight excluding hydrogens is 300 g/mol. The molecule has 0 N–H and O–H groups in total. The van der Waals surface area contributed by atoms with E-state index in [-0.39, 0.29) is 0 Å². The van der Waals surface area contributed by atoms with E-state index in [2.05, 4.69) is 86.3 Å². The molecule has 3 heteroatoms. The Hall–Kier alpha value is -1.35. The van der Waals surface area contributed by atoms with E-state index in [1.807, 2.05) is 0 Å². The standard InChI is InChI=1S/C16H20BrN2/c17-10-6-1-2-7-11-18-12-13-19(15-18)14-16-8-4-3-5-9-16/h1-5,8-9,12-13,15H,6-7,10-11,14H2/q+1. The Morgan fingerprint density at radius 2 is 1.89 bits per heavy atom. The van der Waals surface area contributed by atoms with Crippen molar-refractivity contribution in [2.24, 2.45) is 0 Å². The number of benzene rings is 1. The fourth-order valence-corrected chi connectivity index (χ4v) is 2.25. The van der Waals surface area contributed by atoms with Gasteiger partial charge >= 0.3 is 0 Å². The Kier molecular flexibility index (Phi) is 5.89. The van der Waals surface area contributed by atoms with E-state index in [9.17, 15) is 0 Å². The number of hydrogen-bond donors (Lipinski definition) is 0. The first kappa shape index (κ1) is 14.1. The number of aromatic nitrogens is 2. The van der Waals surface area contributed by atoms with Gasteiger partial charge in [-0.05, 0) is 12.0 Å². The molecule has 19 heavy (non-hydrogen) atoms. The van der Waals surface area contributed by atoms with Crippen LogP contribution in [0.2, 0.25) is 0 Å². The normalized spacial score (nSPS) is 11.2. The van der Waals surface area contributed by atoms with Crippen LogP contribution in [0.4, 0.5) is 0 Å². The minimum atomic E-state index is 0.938. The fraction of sp³-hybridized carbons (Fsp3) is 0.312. The number of alkyl halides is 1. The second kappa shape index (κ2) is 7.95. The first-order chi connectivity index (χ1) is 9.38. The van der Waals surface area contributed by atoms with Crippen molar-refractivity contribution in [2.75, 3.05) is 5.33 Å². The van der Waals surface area contributed by atoms with Crippen LogP contribution in [-0.2, 0) is 13.1 Å². The third-order valence-electron chi connectivity index (χ3n) is 2.95. The maximum absolute atomic E-state index is 3.42. The topological polar surface area (TPSA) is 8.81 Å². The Balaban J connectivity index is 1.82. The summed E-state index contributed by atoms with van der Waals surface area (Å²) in [6.45, 7) is 1.98. The third-order valence-corrected chi connectivity index (χ3v) is 3.41. The highest BCUT2D eigenvalue weighted by Crippen LogP contribution is 1.98. The molecule has 0 fully saturated rings. The Morgan fingerprint density at radius 1 is 1.11 bits per heavy atom. The van der Waals surface area contributed by atoms with Gasteiger partial charge in [0.25, 0.3) is 0 Å². The molecule has 1 heterocycles. The lowest BCUT2D eigenvalue weighted by Gasteiger charge is -1.96. The lowest BCUT2D eigenvalue weighted by Crippen LogP contribution is -2.31. The quantitative estimate of drug-likeness (QED) is 0.419. The average molecular weight is 320 g/mol. The van der Waals surface area contributed by atoms with Crippen LogP contribution < -0.4 is 4.57 Å². The minimum Gasteiger partial charge on any atom is -0.237 e. The van der Waals surface area contributed by atoms with E-state index in [1.54, 1.807) is 0 Å². The SMILES string of the molecule is BrCCC=CCCn1cc[n+](Cc2ccccc2)c1. The molecule has 2 nitrogen and oxygen atoms in total. The largest absolute Gasteiger partial charge is 0.244 e. The summed E-state index contributed by atoms with van der Waals surface area (Å²) in [5.74, 6) is 0. The predicted octanol–water partition coefficient (Wildman–Crippen LogP) is 3.56. The van der Waals surface area contributed by atoms with Gasteiger partial charge in [-0.1, -0.05) is 58.4 Å². The molecule has 0 unspecified atom stereocenters. The molecule has 0 aliphatic rings. The van der Waals surface area contributed by atoms with Gasteiger partial charge in [0.05, 0.1) is 6.54 Å². The molecule has 0 amide bonds. The van der Waals surface area contributed by atoms with Crippen LogP contribution in [0.25, 0.3) is 0 Å². The van der Waals surface area contributed by atoms with Gasteiger partial charge in [-0.25, -0.2) is 9.13 Å². The summed E-state index contributed by atoms with van der Waals surface area (Å²) in [5.41, 5.74) is 1.34. The minimum absolute atomic E-state index is 0.938. The van der Waals surface area contributed by atoms with E-state index < -0.39 is 0 Å². The average Bonchev–Trinajstić information content (AvgIpc) is 2.87. The van der Waals surface area contributed by atoms with Gasteiger partial charge in [0.15, 0.2) is 0 Å². The Labute approximate surface area is 123 Å². The molecule has 0 atom stereocenters. The second-order valence-corrected chi connectivity index (χ2v) is 5.34. The Bertz CT molecular complexity index is 502. The summed E-state index contributed by atoms with van der Waals surface area (Å²) in [7, 11) is 0. The maximum atomic E-state index is 3.42. The number of rotatable bonds is 7. The van der Waals surface area contributed by atoms with E-state index in [4.69, 9.17) is 0 Å². The highest BCUT2D eigenvalue weighted by Gasteiger charge is 2.03. The van der Waals surface area contributed by atoms with Crippen molar-refractivity contribution in [3.8, 4) is 0 Å². The highest BCUT2D eigenvalue weighted by atomic mass is 79.9. The van der Waals surface area contributed by atoms with Crippen molar-refractivity contribution in [1.29, 1.82) is 0 Å². The van der Waals surface area contributed by atoms with Crippen molar-refractivity contribution in [1.82, 2.24) is 4.57 Å². The third kappa shape index (κ3) is 5.03. The zero-order valence-electron chi connectivity index (χ0n) is 11.1. The van der Waals surface area contributed by atoms with Crippen LogP contribution in [0.3, 0.4) is 0 Å². The monoisotopic (exact) mass is 319 g/mol. The van der Waals surface area contributed by atoms with Crippen LogP contribution in [0.15, 0.2) is 61.2 Å². The van der Waals surface area contributed by atoms with Crippen molar-refractivity contribution in [3.05, 3.63) is 66.8 Å². The van der Waals surface area contributed by atoms with Gasteiger partial charge in [-0.15, -0.1) is 0 Å². The molecule has 100 valence electrons. The summed E-state index contributed by atoms with van der Waals surface area (Å²) < 4.78 is 4.46. The molecular formula is C16H20BrN2+. The summed E-state index contributed by atoms with van der Waals surface area (Å²) in [4.78, 5) is 0. The molecule has 0 saturated carbocycles. The van der Waals surface area contributed by atoms with Crippen LogP contribution in [0, 0.1) is 0 Å². The van der Waals surface area contributed by atoms with E-state index in [1.165, 1.54) is 5.56 Å². The van der Waals surface area contributed by atoms with Crippen molar-refractivity contribution >= 4 is 15.9 Å². The molecule has 2 aromatic rings. The molecule has 0 saturated heterocycles. The van der Waals surface area contributed by atoms with Gasteiger partial charge in [0, 0.05) is 11.8 Å². The van der Waals surface area contributed by atoms with Gasteiger partial charge in [0.2, 0.25) is 6.33 Å². The fourth-order valence-electron chi connectivity index (χ4n) is 1.98. The molecule has 0 spiro atoms. The number of allylic oxidation sites excluding steroid dienone is 2. The molecule has 2 rings (SSSR count). The first-order valence-corrected chi connectivity index (χ1v) is 7.80. The molecule has 0 aliphatic carbocycles. The van der Waals surface area contributed by atoms with Crippen LogP contribution in [0.1, 0.15) is 18.4 Å². The zero-order chi connectivity index (χ0) is 13.3. The number of aryl methyl sites for hydroxylation is 1. The van der Waals surface area contributed by atoms with Gasteiger partial charge < -0.3 is 0 Å². The number of halogens is 1. The van der Waals surface area contributed by atoms with Crippen LogP contribution in [0.5, 0.6) is 0 Å². The number of imidazole rings is 1. The second-order valence-electron chi connectivity index (χ2n) is 4.55. The summed E-state index contributed by atoms with van der Waals surface area (Å²) in [6, 6.07) is 10.5. The lowest BCUT2D eigenvalue weighted by molar-refractivity contribution is -0.687. The van der Waals surface area contributed by atoms with Gasteiger partial charge in [-0.2, -0.15) is 0 Å². The van der Waals surface area contributed by atoms with Crippen LogP contribution >= 0.6 is 15.9 Å². The van der Waals surface area contributed by atoms with E-state index in [0.717, 1.165) is 31.3 Å². The molecule has 1 aromatic carbocycles. The summed E-state index contributed by atoms with van der Waals surface area (Å²) >= 11 is 3.42. The van der Waals surface area contributed by atoms with E-state index in [0.29, 0.717) is 0 Å². The van der Waals surface area contributed by atoms with Crippen LogP contribution in [-0.4, -0.2) is 9.90 Å². The predicted molar refractivity (Wildman–Crippen MR) is 82.3 cm³/mol. The summed E-state index contributed by atoms with van der Waals surface area (Å²) in [5, 5.41) is 1.05. The Morgan fingerprint density at radius 3 is 2.68 bits per heavy atom. The van der Waals surface area contributed by atoms with Crippen molar-refractivity contribution in [2.45, 2.75) is 25.9 Å². The van der Waals surface area contributed by atoms with Gasteiger partial charge in [-0.3, -0.25) is 0 Å². The molecule has 0 aliphatic heterocycles. The smallest absolute Gasteiger partial charge is 0.237 e. The lowest BCUT2D eigenvalue weighted by atomic mass is 10.2. The number of nitrogens with zero attached hydrogens (tertiary/aromatic N) is 2. The van der Waals surface area contributed by atoms with Gasteiger partial charge in [0.1, 0.15) is 18.9 Å². The zero-order valence-corrected chi connectivity index (χ0v) is 12.7. The maximum Gasteiger partial charge on any atom is 0.244 e. The molecule has 1 aromatic heterocycles. The van der Waals surface area contributed by atoms with E-state index >= 15 is 0 Å². The number of hydrogen-bond acceptors (Lipinski definition) is 0. The summed E-state index contributed by atoms with van der Waals surface area (Å²) in [6.07, 6.45) is 13.1. The van der Waals surface area contributed by atoms with Crippen molar-refractivity contribution in [3.63, 3.8) is 0 Å². The highest BCUT2D eigenvalue weighted by molar-refractivity contribution is 9.09. The van der Waals surface area contributed by atoms with Crippen molar-refractivity contribution < 1.29 is 4.57 Å².